The first-order valence-corrected chi connectivity index (χ1v) is 10.3. The number of nitrogens with zero attached hydrogens (tertiary/aromatic N) is 4. The van der Waals surface area contributed by atoms with Crippen molar-refractivity contribution >= 4 is 29.9 Å². The smallest absolute Gasteiger partial charge is 0.191 e. The molecule has 0 saturated heterocycles. The summed E-state index contributed by atoms with van der Waals surface area (Å²) in [4.78, 5) is 9.10. The van der Waals surface area contributed by atoms with Gasteiger partial charge in [0.2, 0.25) is 0 Å². The van der Waals surface area contributed by atoms with E-state index < -0.39 is 0 Å². The first-order chi connectivity index (χ1) is 13.6. The van der Waals surface area contributed by atoms with Gasteiger partial charge in [0.05, 0.1) is 13.2 Å². The Bertz CT molecular complexity index is 849. The maximum absolute atomic E-state index is 5.77. The van der Waals surface area contributed by atoms with E-state index in [0.717, 1.165) is 62.3 Å². The number of halogens is 1. The maximum atomic E-state index is 5.77. The lowest BCUT2D eigenvalue weighted by Crippen LogP contribution is -2.48. The lowest BCUT2D eigenvalue weighted by Gasteiger charge is -2.28. The summed E-state index contributed by atoms with van der Waals surface area (Å²) in [5.74, 6) is 4.70. The molecule has 2 aliphatic heterocycles. The number of fused-ring (bicyclic) bond motifs is 2. The largest absolute Gasteiger partial charge is 0.493 e. The van der Waals surface area contributed by atoms with Gasteiger partial charge in [-0.15, -0.1) is 24.0 Å². The van der Waals surface area contributed by atoms with E-state index in [-0.39, 0.29) is 24.0 Å². The van der Waals surface area contributed by atoms with Gasteiger partial charge >= 0.3 is 0 Å². The first-order valence-electron chi connectivity index (χ1n) is 10.3. The minimum Gasteiger partial charge on any atom is -0.493 e. The summed E-state index contributed by atoms with van der Waals surface area (Å²) < 4.78 is 7.83. The zero-order valence-electron chi connectivity index (χ0n) is 17.4. The van der Waals surface area contributed by atoms with Gasteiger partial charge < -0.3 is 15.4 Å². The fourth-order valence-corrected chi connectivity index (χ4v) is 3.93. The Morgan fingerprint density at radius 3 is 2.93 bits per heavy atom. The fourth-order valence-electron chi connectivity index (χ4n) is 3.93. The van der Waals surface area contributed by atoms with E-state index in [2.05, 4.69) is 62.4 Å². The summed E-state index contributed by atoms with van der Waals surface area (Å²) in [6, 6.07) is 8.63. The third-order valence-electron chi connectivity index (χ3n) is 5.55. The number of aromatic nitrogens is 3. The number of hydrogen-bond acceptors (Lipinski definition) is 4. The van der Waals surface area contributed by atoms with Gasteiger partial charge in [-0.25, -0.2) is 9.67 Å². The summed E-state index contributed by atoms with van der Waals surface area (Å²) in [5.41, 5.74) is 1.28. The molecule has 4 rings (SSSR count). The highest BCUT2D eigenvalue weighted by Gasteiger charge is 2.24. The van der Waals surface area contributed by atoms with Crippen molar-refractivity contribution in [2.24, 2.45) is 4.99 Å². The Morgan fingerprint density at radius 2 is 2.14 bits per heavy atom. The number of hydrogen-bond donors (Lipinski definition) is 2. The highest BCUT2D eigenvalue weighted by atomic mass is 127. The van der Waals surface area contributed by atoms with Gasteiger partial charge in [-0.2, -0.15) is 5.10 Å². The van der Waals surface area contributed by atoms with Crippen molar-refractivity contribution in [3.63, 3.8) is 0 Å². The number of benzene rings is 1. The number of rotatable bonds is 4. The van der Waals surface area contributed by atoms with Crippen LogP contribution in [0.3, 0.4) is 0 Å². The monoisotopic (exact) mass is 510 g/mol. The third kappa shape index (κ3) is 5.02. The van der Waals surface area contributed by atoms with Crippen molar-refractivity contribution in [1.29, 1.82) is 0 Å². The topological polar surface area (TPSA) is 76.4 Å². The molecule has 1 aromatic carbocycles. The van der Waals surface area contributed by atoms with E-state index >= 15 is 0 Å². The van der Waals surface area contributed by atoms with Crippen molar-refractivity contribution in [2.45, 2.75) is 57.5 Å². The highest BCUT2D eigenvalue weighted by Crippen LogP contribution is 2.32. The molecule has 8 heteroatoms. The zero-order valence-corrected chi connectivity index (χ0v) is 19.7. The van der Waals surface area contributed by atoms with Crippen LogP contribution in [0.1, 0.15) is 55.7 Å². The van der Waals surface area contributed by atoms with Crippen LogP contribution in [-0.2, 0) is 13.0 Å². The molecule has 2 aromatic rings. The van der Waals surface area contributed by atoms with Gasteiger partial charge in [-0.3, -0.25) is 4.99 Å². The van der Waals surface area contributed by atoms with Crippen LogP contribution in [0.2, 0.25) is 0 Å². The van der Waals surface area contributed by atoms with Crippen LogP contribution in [0.5, 0.6) is 5.75 Å². The van der Waals surface area contributed by atoms with Crippen molar-refractivity contribution in [3.8, 4) is 5.75 Å². The Balaban J connectivity index is 0.00000240. The third-order valence-corrected chi connectivity index (χ3v) is 5.55. The molecule has 0 radical (unpaired) electrons. The Kier molecular flexibility index (Phi) is 7.37. The first kappa shape index (κ1) is 21.9. The standard InChI is InChI=1S/C21H30N6O.HI/c1-14(2)20-25-19-9-8-16(13-27(19)26-20)24-21(22-3)23-12-15-10-11-28-18-7-5-4-6-17(15)18;/h4-7,14-16H,8-13H2,1-3H3,(H2,22,23,24);1H. The molecule has 0 fully saturated rings. The van der Waals surface area contributed by atoms with Crippen LogP contribution in [-0.4, -0.2) is 47.0 Å². The van der Waals surface area contributed by atoms with Crippen molar-refractivity contribution in [2.75, 3.05) is 20.2 Å². The predicted octanol–water partition coefficient (Wildman–Crippen LogP) is 3.07. The van der Waals surface area contributed by atoms with Crippen LogP contribution < -0.4 is 15.4 Å². The minimum absolute atomic E-state index is 0. The van der Waals surface area contributed by atoms with Crippen LogP contribution >= 0.6 is 24.0 Å². The second-order valence-electron chi connectivity index (χ2n) is 7.93. The molecule has 3 heterocycles. The average molecular weight is 510 g/mol. The van der Waals surface area contributed by atoms with E-state index in [4.69, 9.17) is 4.74 Å². The molecule has 0 saturated carbocycles. The second kappa shape index (κ2) is 9.77. The summed E-state index contributed by atoms with van der Waals surface area (Å²) >= 11 is 0. The zero-order chi connectivity index (χ0) is 19.5. The minimum atomic E-state index is 0. The molecule has 2 N–H and O–H groups in total. The quantitative estimate of drug-likeness (QED) is 0.376. The van der Waals surface area contributed by atoms with Gasteiger partial charge in [0, 0.05) is 37.9 Å². The molecule has 158 valence electrons. The van der Waals surface area contributed by atoms with E-state index in [9.17, 15) is 0 Å². The van der Waals surface area contributed by atoms with Crippen molar-refractivity contribution in [3.05, 3.63) is 41.5 Å². The summed E-state index contributed by atoms with van der Waals surface area (Å²) in [5, 5.41) is 11.7. The highest BCUT2D eigenvalue weighted by molar-refractivity contribution is 14.0. The molecule has 2 unspecified atom stereocenters. The molecular formula is C21H31IN6O. The fraction of sp³-hybridized carbons (Fsp3) is 0.571. The number of para-hydroxylation sites is 1. The average Bonchev–Trinajstić information content (AvgIpc) is 3.15. The summed E-state index contributed by atoms with van der Waals surface area (Å²) in [6.07, 6.45) is 3.00. The molecule has 0 bridgehead atoms. The van der Waals surface area contributed by atoms with Crippen LogP contribution in [0.25, 0.3) is 0 Å². The van der Waals surface area contributed by atoms with Crippen LogP contribution in [0, 0.1) is 0 Å². The van der Waals surface area contributed by atoms with Crippen molar-refractivity contribution in [1.82, 2.24) is 25.4 Å². The molecule has 0 spiro atoms. The van der Waals surface area contributed by atoms with E-state index in [0.29, 0.717) is 17.9 Å². The Hall–Kier alpha value is -1.84. The van der Waals surface area contributed by atoms with E-state index in [1.807, 2.05) is 13.1 Å². The van der Waals surface area contributed by atoms with Gasteiger partial charge in [-0.05, 0) is 24.5 Å². The Morgan fingerprint density at radius 1 is 1.31 bits per heavy atom. The van der Waals surface area contributed by atoms with Gasteiger partial charge in [0.25, 0.3) is 0 Å². The number of aryl methyl sites for hydroxylation is 1. The van der Waals surface area contributed by atoms with Gasteiger partial charge in [0.15, 0.2) is 11.8 Å². The molecular weight excluding hydrogens is 479 g/mol. The lowest BCUT2D eigenvalue weighted by atomic mass is 9.93. The Labute approximate surface area is 189 Å². The maximum Gasteiger partial charge on any atom is 0.191 e. The summed E-state index contributed by atoms with van der Waals surface area (Å²) in [6.45, 7) is 6.72. The molecule has 0 aliphatic carbocycles. The molecule has 2 aliphatic rings. The number of ether oxygens (including phenoxy) is 1. The van der Waals surface area contributed by atoms with Crippen LogP contribution in [0.4, 0.5) is 0 Å². The molecule has 0 amide bonds. The van der Waals surface area contributed by atoms with Crippen molar-refractivity contribution < 1.29 is 4.74 Å². The molecule has 2 atom stereocenters. The second-order valence-corrected chi connectivity index (χ2v) is 7.93. The molecule has 1 aromatic heterocycles. The van der Waals surface area contributed by atoms with E-state index in [1.165, 1.54) is 5.56 Å². The SMILES string of the molecule is CN=C(NCC1CCOc2ccccc21)NC1CCc2nc(C(C)C)nn2C1.I. The lowest BCUT2D eigenvalue weighted by molar-refractivity contribution is 0.267. The van der Waals surface area contributed by atoms with Crippen LogP contribution in [0.15, 0.2) is 29.3 Å². The van der Waals surface area contributed by atoms with E-state index in [1.54, 1.807) is 0 Å². The predicted molar refractivity (Wildman–Crippen MR) is 125 cm³/mol. The number of guanidine groups is 1. The summed E-state index contributed by atoms with van der Waals surface area (Å²) in [7, 11) is 1.83. The number of nitrogens with one attached hydrogen (secondary N) is 2. The molecule has 7 nitrogen and oxygen atoms in total. The molecule has 29 heavy (non-hydrogen) atoms. The van der Waals surface area contributed by atoms with Gasteiger partial charge in [-0.1, -0.05) is 32.0 Å². The van der Waals surface area contributed by atoms with Gasteiger partial charge in [0.1, 0.15) is 11.6 Å². The normalized spacial score (nSPS) is 20.9. The number of aliphatic imine (C=N–C) groups is 1.